The monoisotopic (exact) mass is 271 g/mol. The zero-order chi connectivity index (χ0) is 13.9. The Labute approximate surface area is 113 Å². The first-order valence-electron chi connectivity index (χ1n) is 5.80. The molecule has 0 aliphatic heterocycles. The van der Waals surface area contributed by atoms with Crippen molar-refractivity contribution in [2.24, 2.45) is 0 Å². The highest BCUT2D eigenvalue weighted by molar-refractivity contribution is 7.90. The highest BCUT2D eigenvalue weighted by Crippen LogP contribution is 2.19. The number of rotatable bonds is 3. The first-order valence-corrected chi connectivity index (χ1v) is 7.45. The Bertz CT molecular complexity index is 725. The number of hydrogen-bond donors (Lipinski definition) is 0. The second-order valence-corrected chi connectivity index (χ2v) is 6.33. The maximum absolute atomic E-state index is 12.3. The van der Waals surface area contributed by atoms with Gasteiger partial charge in [-0.15, -0.1) is 0 Å². The zero-order valence-corrected chi connectivity index (χ0v) is 11.3. The molecule has 0 amide bonds. The quantitative estimate of drug-likeness (QED) is 0.862. The van der Waals surface area contributed by atoms with Gasteiger partial charge in [0, 0.05) is 0 Å². The van der Waals surface area contributed by atoms with E-state index in [-0.39, 0.29) is 10.6 Å². The summed E-state index contributed by atoms with van der Waals surface area (Å²) < 4.78 is 24.5. The molecule has 0 heterocycles. The number of aryl methyl sites for hydroxylation is 1. The minimum Gasteiger partial charge on any atom is -0.223 e. The van der Waals surface area contributed by atoms with Gasteiger partial charge in [0.25, 0.3) is 0 Å². The average molecular weight is 271 g/mol. The van der Waals surface area contributed by atoms with Crippen LogP contribution in [0.1, 0.15) is 16.7 Å². The van der Waals surface area contributed by atoms with Crippen LogP contribution in [0.2, 0.25) is 0 Å². The Morgan fingerprint density at radius 1 is 1.05 bits per heavy atom. The van der Waals surface area contributed by atoms with Crippen LogP contribution in [0, 0.1) is 18.3 Å². The van der Waals surface area contributed by atoms with E-state index in [4.69, 9.17) is 5.26 Å². The summed E-state index contributed by atoms with van der Waals surface area (Å²) in [5.41, 5.74) is 1.94. The second kappa shape index (κ2) is 5.25. The predicted octanol–water partition coefficient (Wildman–Crippen LogP) is 2.84. The molecule has 0 aliphatic carbocycles. The molecule has 0 unspecified atom stereocenters. The van der Waals surface area contributed by atoms with Gasteiger partial charge in [0.1, 0.15) is 0 Å². The highest BCUT2D eigenvalue weighted by Gasteiger charge is 2.16. The normalized spacial score (nSPS) is 10.9. The Hall–Kier alpha value is -2.12. The SMILES string of the molecule is Cc1ccc(S(=O)(=O)Cc2ccccc2C#N)cc1. The van der Waals surface area contributed by atoms with Crippen molar-refractivity contribution < 1.29 is 8.42 Å². The van der Waals surface area contributed by atoms with Crippen LogP contribution < -0.4 is 0 Å². The summed E-state index contributed by atoms with van der Waals surface area (Å²) in [6.45, 7) is 1.90. The molecule has 0 fully saturated rings. The van der Waals surface area contributed by atoms with E-state index in [0.717, 1.165) is 5.56 Å². The molecule has 0 saturated carbocycles. The summed E-state index contributed by atoms with van der Waals surface area (Å²) in [5.74, 6) is -0.153. The highest BCUT2D eigenvalue weighted by atomic mass is 32.2. The number of benzene rings is 2. The fraction of sp³-hybridized carbons (Fsp3) is 0.133. The summed E-state index contributed by atoms with van der Waals surface area (Å²) in [7, 11) is -3.41. The van der Waals surface area contributed by atoms with Gasteiger partial charge in [0.05, 0.1) is 22.3 Å². The molecule has 0 spiro atoms. The van der Waals surface area contributed by atoms with Crippen LogP contribution in [0.25, 0.3) is 0 Å². The maximum Gasteiger partial charge on any atom is 0.182 e. The standard InChI is InChI=1S/C15H13NO2S/c1-12-6-8-15(9-7-12)19(17,18)11-14-5-3-2-4-13(14)10-16/h2-9H,11H2,1H3. The van der Waals surface area contributed by atoms with E-state index in [0.29, 0.717) is 11.1 Å². The summed E-state index contributed by atoms with van der Waals surface area (Å²) in [6, 6.07) is 15.5. The van der Waals surface area contributed by atoms with Crippen LogP contribution in [0.5, 0.6) is 0 Å². The average Bonchev–Trinajstić information content (AvgIpc) is 2.39. The molecule has 0 saturated heterocycles. The van der Waals surface area contributed by atoms with Gasteiger partial charge in [0.15, 0.2) is 9.84 Å². The molecule has 0 atom stereocenters. The first-order chi connectivity index (χ1) is 9.03. The van der Waals surface area contributed by atoms with Gasteiger partial charge < -0.3 is 0 Å². The van der Waals surface area contributed by atoms with E-state index in [9.17, 15) is 8.42 Å². The van der Waals surface area contributed by atoms with Crippen molar-refractivity contribution >= 4 is 9.84 Å². The molecule has 0 bridgehead atoms. The minimum atomic E-state index is -3.41. The van der Waals surface area contributed by atoms with Crippen molar-refractivity contribution in [3.05, 3.63) is 65.2 Å². The van der Waals surface area contributed by atoms with Crippen molar-refractivity contribution in [1.82, 2.24) is 0 Å². The third-order valence-corrected chi connectivity index (χ3v) is 4.54. The molecule has 0 aromatic heterocycles. The van der Waals surface area contributed by atoms with Gasteiger partial charge in [-0.3, -0.25) is 0 Å². The first kappa shape index (κ1) is 13.3. The fourth-order valence-electron chi connectivity index (χ4n) is 1.79. The summed E-state index contributed by atoms with van der Waals surface area (Å²) >= 11 is 0. The van der Waals surface area contributed by atoms with Crippen LogP contribution in [0.3, 0.4) is 0 Å². The third-order valence-electron chi connectivity index (χ3n) is 2.86. The molecular weight excluding hydrogens is 258 g/mol. The Balaban J connectivity index is 2.37. The number of sulfone groups is 1. The summed E-state index contributed by atoms with van der Waals surface area (Å²) in [4.78, 5) is 0.283. The van der Waals surface area contributed by atoms with E-state index >= 15 is 0 Å². The van der Waals surface area contributed by atoms with Crippen molar-refractivity contribution in [1.29, 1.82) is 5.26 Å². The number of hydrogen-bond acceptors (Lipinski definition) is 3. The minimum absolute atomic E-state index is 0.153. The topological polar surface area (TPSA) is 57.9 Å². The van der Waals surface area contributed by atoms with Crippen molar-refractivity contribution in [3.8, 4) is 6.07 Å². The van der Waals surface area contributed by atoms with Gasteiger partial charge in [-0.25, -0.2) is 8.42 Å². The van der Waals surface area contributed by atoms with E-state index in [2.05, 4.69) is 0 Å². The molecule has 96 valence electrons. The van der Waals surface area contributed by atoms with Gasteiger partial charge in [0.2, 0.25) is 0 Å². The Morgan fingerprint density at radius 2 is 1.68 bits per heavy atom. The lowest BCUT2D eigenvalue weighted by molar-refractivity contribution is 0.595. The van der Waals surface area contributed by atoms with Crippen molar-refractivity contribution in [2.75, 3.05) is 0 Å². The Kier molecular flexibility index (Phi) is 3.68. The van der Waals surface area contributed by atoms with Crippen molar-refractivity contribution in [2.45, 2.75) is 17.6 Å². The third kappa shape index (κ3) is 3.01. The van der Waals surface area contributed by atoms with Crippen LogP contribution >= 0.6 is 0 Å². The molecular formula is C15H13NO2S. The second-order valence-electron chi connectivity index (χ2n) is 4.34. The lowest BCUT2D eigenvalue weighted by Crippen LogP contribution is -2.06. The van der Waals surface area contributed by atoms with Gasteiger partial charge >= 0.3 is 0 Å². The molecule has 3 nitrogen and oxygen atoms in total. The lowest BCUT2D eigenvalue weighted by Gasteiger charge is -2.06. The predicted molar refractivity (Wildman–Crippen MR) is 73.2 cm³/mol. The summed E-state index contributed by atoms with van der Waals surface area (Å²) in [6.07, 6.45) is 0. The van der Waals surface area contributed by atoms with E-state index in [1.165, 1.54) is 0 Å². The molecule has 0 N–H and O–H groups in total. The van der Waals surface area contributed by atoms with Crippen LogP contribution in [-0.2, 0) is 15.6 Å². The van der Waals surface area contributed by atoms with E-state index < -0.39 is 9.84 Å². The summed E-state index contributed by atoms with van der Waals surface area (Å²) in [5, 5.41) is 8.98. The molecule has 0 radical (unpaired) electrons. The van der Waals surface area contributed by atoms with Gasteiger partial charge in [-0.05, 0) is 30.7 Å². The van der Waals surface area contributed by atoms with Gasteiger partial charge in [-0.1, -0.05) is 35.9 Å². The molecule has 2 aromatic carbocycles. The molecule has 4 heteroatoms. The number of nitriles is 1. The molecule has 2 rings (SSSR count). The van der Waals surface area contributed by atoms with E-state index in [1.807, 2.05) is 13.0 Å². The van der Waals surface area contributed by atoms with Crippen LogP contribution in [0.15, 0.2) is 53.4 Å². The zero-order valence-electron chi connectivity index (χ0n) is 10.5. The van der Waals surface area contributed by atoms with Crippen LogP contribution in [0.4, 0.5) is 0 Å². The lowest BCUT2D eigenvalue weighted by atomic mass is 10.1. The number of nitrogens with zero attached hydrogens (tertiary/aromatic N) is 1. The smallest absolute Gasteiger partial charge is 0.182 e. The van der Waals surface area contributed by atoms with E-state index in [1.54, 1.807) is 48.5 Å². The maximum atomic E-state index is 12.3. The molecule has 0 aliphatic rings. The Morgan fingerprint density at radius 3 is 2.32 bits per heavy atom. The van der Waals surface area contributed by atoms with Crippen LogP contribution in [-0.4, -0.2) is 8.42 Å². The largest absolute Gasteiger partial charge is 0.223 e. The van der Waals surface area contributed by atoms with Gasteiger partial charge in [-0.2, -0.15) is 5.26 Å². The molecule has 19 heavy (non-hydrogen) atoms. The van der Waals surface area contributed by atoms with Crippen molar-refractivity contribution in [3.63, 3.8) is 0 Å². The fourth-order valence-corrected chi connectivity index (χ4v) is 3.17. The molecule has 2 aromatic rings.